The van der Waals surface area contributed by atoms with E-state index in [2.05, 4.69) is 33.2 Å². The van der Waals surface area contributed by atoms with Gasteiger partial charge in [-0.1, -0.05) is 48.5 Å². The highest BCUT2D eigenvalue weighted by Crippen LogP contribution is 2.37. The largest absolute Gasteiger partial charge is 0.325 e. The van der Waals surface area contributed by atoms with E-state index in [1.54, 1.807) is 24.3 Å². The molecule has 2 N–H and O–H groups in total. The lowest BCUT2D eigenvalue weighted by Gasteiger charge is -2.18. The Morgan fingerprint density at radius 2 is 1.47 bits per heavy atom. The summed E-state index contributed by atoms with van der Waals surface area (Å²) in [6.07, 6.45) is 0. The zero-order valence-electron chi connectivity index (χ0n) is 17.9. The van der Waals surface area contributed by atoms with Gasteiger partial charge in [-0.15, -0.1) is 11.8 Å². The normalized spacial score (nSPS) is 11.5. The summed E-state index contributed by atoms with van der Waals surface area (Å²) in [5, 5.41) is 5.21. The van der Waals surface area contributed by atoms with E-state index in [4.69, 9.17) is 0 Å². The van der Waals surface area contributed by atoms with Gasteiger partial charge in [0.2, 0.25) is 5.91 Å². The maximum atomic E-state index is 14.0. The van der Waals surface area contributed by atoms with Crippen LogP contribution >= 0.6 is 34.4 Å². The molecule has 0 saturated carbocycles. The number of hydrogen-bond acceptors (Lipinski definition) is 3. The van der Waals surface area contributed by atoms with Crippen LogP contribution in [0, 0.1) is 9.39 Å². The first kappa shape index (κ1) is 24.0. The third-order valence-corrected chi connectivity index (χ3v) is 6.88. The van der Waals surface area contributed by atoms with Crippen molar-refractivity contribution in [2.45, 2.75) is 10.1 Å². The zero-order chi connectivity index (χ0) is 23.9. The summed E-state index contributed by atoms with van der Waals surface area (Å²) in [4.78, 5) is 26.5. The van der Waals surface area contributed by atoms with Gasteiger partial charge in [-0.25, -0.2) is 4.39 Å². The van der Waals surface area contributed by atoms with Crippen LogP contribution in [0.4, 0.5) is 15.8 Å². The van der Waals surface area contributed by atoms with Crippen molar-refractivity contribution in [1.82, 2.24) is 0 Å². The van der Waals surface area contributed by atoms with Crippen molar-refractivity contribution < 1.29 is 14.0 Å². The van der Waals surface area contributed by atoms with Crippen molar-refractivity contribution in [3.05, 3.63) is 124 Å². The summed E-state index contributed by atoms with van der Waals surface area (Å²) >= 11 is 3.59. The predicted octanol–water partition coefficient (Wildman–Crippen LogP) is 7.15. The first-order chi connectivity index (χ1) is 16.5. The average Bonchev–Trinajstić information content (AvgIpc) is 2.85. The summed E-state index contributed by atoms with van der Waals surface area (Å²) in [5.74, 6) is -1.27. The van der Waals surface area contributed by atoms with E-state index >= 15 is 0 Å². The zero-order valence-corrected chi connectivity index (χ0v) is 20.8. The van der Waals surface area contributed by atoms with E-state index in [-0.39, 0.29) is 11.5 Å². The second-order valence-electron chi connectivity index (χ2n) is 7.37. The minimum absolute atomic E-state index is 0.0281. The molecule has 7 heteroatoms. The van der Waals surface area contributed by atoms with Gasteiger partial charge in [-0.3, -0.25) is 9.59 Å². The molecule has 170 valence electrons. The van der Waals surface area contributed by atoms with Gasteiger partial charge in [0, 0.05) is 19.8 Å². The van der Waals surface area contributed by atoms with E-state index < -0.39 is 17.0 Å². The van der Waals surface area contributed by atoms with Crippen molar-refractivity contribution in [1.29, 1.82) is 0 Å². The van der Waals surface area contributed by atoms with Crippen molar-refractivity contribution in [2.75, 3.05) is 10.6 Å². The Morgan fingerprint density at radius 3 is 2.21 bits per heavy atom. The summed E-state index contributed by atoms with van der Waals surface area (Å²) < 4.78 is 15.0. The fraction of sp³-hybridized carbons (Fsp3) is 0.0370. The van der Waals surface area contributed by atoms with Crippen LogP contribution in [-0.4, -0.2) is 11.8 Å². The van der Waals surface area contributed by atoms with Crippen LogP contribution in [0.15, 0.2) is 108 Å². The van der Waals surface area contributed by atoms with Gasteiger partial charge in [-0.2, -0.15) is 0 Å². The molecule has 0 fully saturated rings. The lowest BCUT2D eigenvalue weighted by atomic mass is 10.1. The fourth-order valence-corrected chi connectivity index (χ4v) is 4.71. The Hall–Kier alpha value is -3.17. The quantitative estimate of drug-likeness (QED) is 0.180. The molecule has 4 aromatic rings. The number of carbonyl (C=O) groups excluding carboxylic acids is 2. The lowest BCUT2D eigenvalue weighted by molar-refractivity contribution is -0.115. The van der Waals surface area contributed by atoms with Crippen molar-refractivity contribution in [3.8, 4) is 0 Å². The molecule has 0 heterocycles. The molecule has 4 nitrogen and oxygen atoms in total. The molecule has 0 aliphatic carbocycles. The third-order valence-electron chi connectivity index (χ3n) is 4.92. The minimum Gasteiger partial charge on any atom is -0.325 e. The van der Waals surface area contributed by atoms with Crippen LogP contribution in [0.5, 0.6) is 0 Å². The Morgan fingerprint density at radius 1 is 0.765 bits per heavy atom. The number of amides is 2. The lowest BCUT2D eigenvalue weighted by Crippen LogP contribution is -2.19. The van der Waals surface area contributed by atoms with Gasteiger partial charge in [0.05, 0.1) is 5.56 Å². The molecule has 0 bridgehead atoms. The molecule has 2 amide bonds. The maximum absolute atomic E-state index is 14.0. The molecule has 1 unspecified atom stereocenters. The topological polar surface area (TPSA) is 58.2 Å². The van der Waals surface area contributed by atoms with E-state index in [9.17, 15) is 14.0 Å². The van der Waals surface area contributed by atoms with E-state index in [1.807, 2.05) is 60.7 Å². The van der Waals surface area contributed by atoms with E-state index in [0.717, 1.165) is 19.7 Å². The highest BCUT2D eigenvalue weighted by molar-refractivity contribution is 14.1. The molecular formula is C27H20FIN2O2S. The van der Waals surface area contributed by atoms with Crippen molar-refractivity contribution in [3.63, 3.8) is 0 Å². The number of thioether (sulfide) groups is 1. The Balaban J connectivity index is 1.54. The molecule has 4 aromatic carbocycles. The van der Waals surface area contributed by atoms with Crippen LogP contribution in [-0.2, 0) is 4.79 Å². The molecule has 0 saturated heterocycles. The highest BCUT2D eigenvalue weighted by atomic mass is 127. The number of rotatable bonds is 7. The first-order valence-corrected chi connectivity index (χ1v) is 12.4. The van der Waals surface area contributed by atoms with Gasteiger partial charge >= 0.3 is 0 Å². The third kappa shape index (κ3) is 6.24. The number of nitrogens with one attached hydrogen (secondary N) is 2. The second-order valence-corrected chi connectivity index (χ2v) is 9.79. The summed E-state index contributed by atoms with van der Waals surface area (Å²) in [5.41, 5.74) is 2.07. The second kappa shape index (κ2) is 11.3. The molecule has 0 spiro atoms. The van der Waals surface area contributed by atoms with Gasteiger partial charge in [0.15, 0.2) is 0 Å². The standard InChI is InChI=1S/C27H20FIN2O2S/c28-24-12-5-4-11-23(24)26(32)31-21-9-6-10-22(17-21)34-25(18-7-2-1-3-8-18)27(33)30-20-15-13-19(29)14-16-20/h1-17,25H,(H,30,33)(H,31,32). The molecule has 0 aromatic heterocycles. The van der Waals surface area contributed by atoms with Crippen LogP contribution < -0.4 is 10.6 Å². The number of benzene rings is 4. The molecule has 34 heavy (non-hydrogen) atoms. The van der Waals surface area contributed by atoms with Crippen LogP contribution in [0.2, 0.25) is 0 Å². The molecular weight excluding hydrogens is 562 g/mol. The summed E-state index contributed by atoms with van der Waals surface area (Å²) in [7, 11) is 0. The summed E-state index contributed by atoms with van der Waals surface area (Å²) in [6, 6.07) is 30.1. The molecule has 4 rings (SSSR count). The maximum Gasteiger partial charge on any atom is 0.258 e. The fourth-order valence-electron chi connectivity index (χ4n) is 3.27. The molecule has 0 aliphatic rings. The van der Waals surface area contributed by atoms with Gasteiger partial charge < -0.3 is 10.6 Å². The predicted molar refractivity (Wildman–Crippen MR) is 144 cm³/mol. The Bertz CT molecular complexity index is 1300. The van der Waals surface area contributed by atoms with Crippen LogP contribution in [0.1, 0.15) is 21.2 Å². The molecule has 1 atom stereocenters. The number of carbonyl (C=O) groups is 2. The number of anilines is 2. The summed E-state index contributed by atoms with van der Waals surface area (Å²) in [6.45, 7) is 0. The van der Waals surface area contributed by atoms with Crippen LogP contribution in [0.25, 0.3) is 0 Å². The highest BCUT2D eigenvalue weighted by Gasteiger charge is 2.22. The smallest absolute Gasteiger partial charge is 0.258 e. The number of halogens is 2. The van der Waals surface area contributed by atoms with Crippen molar-refractivity contribution >= 4 is 57.5 Å². The average molecular weight is 582 g/mol. The van der Waals surface area contributed by atoms with Crippen molar-refractivity contribution in [2.24, 2.45) is 0 Å². The number of hydrogen-bond donors (Lipinski definition) is 2. The van der Waals surface area contributed by atoms with E-state index in [1.165, 1.54) is 30.0 Å². The van der Waals surface area contributed by atoms with E-state index in [0.29, 0.717) is 5.69 Å². The first-order valence-electron chi connectivity index (χ1n) is 10.4. The molecule has 0 aliphatic heterocycles. The van der Waals surface area contributed by atoms with Crippen LogP contribution in [0.3, 0.4) is 0 Å². The molecule has 0 radical (unpaired) electrons. The van der Waals surface area contributed by atoms with Gasteiger partial charge in [0.1, 0.15) is 11.1 Å². The Labute approximate surface area is 215 Å². The SMILES string of the molecule is O=C(Nc1cccc(SC(C(=O)Nc2ccc(I)cc2)c2ccccc2)c1)c1ccccc1F. The Kier molecular flexibility index (Phi) is 7.97. The van der Waals surface area contributed by atoms with Gasteiger partial charge in [0.25, 0.3) is 5.91 Å². The minimum atomic E-state index is -0.582. The van der Waals surface area contributed by atoms with Gasteiger partial charge in [-0.05, 0) is 82.8 Å². The monoisotopic (exact) mass is 582 g/mol.